The number of nitrogens with zero attached hydrogens (tertiary/aromatic N) is 3. The fourth-order valence-corrected chi connectivity index (χ4v) is 1.50. The van der Waals surface area contributed by atoms with Crippen LogP contribution in [-0.2, 0) is 6.54 Å². The fraction of sp³-hybridized carbons (Fsp3) is 0.818. The van der Waals surface area contributed by atoms with Gasteiger partial charge in [-0.25, -0.2) is 0 Å². The van der Waals surface area contributed by atoms with E-state index >= 15 is 0 Å². The highest BCUT2D eigenvalue weighted by molar-refractivity contribution is 4.91. The van der Waals surface area contributed by atoms with Gasteiger partial charge in [-0.15, -0.1) is 0 Å². The molecule has 0 bridgehead atoms. The SMILES string of the molecule is CNCCN(Cc1nc(C(C)C)no1)CC(F)(F)F. The van der Waals surface area contributed by atoms with Gasteiger partial charge in [0, 0.05) is 19.0 Å². The van der Waals surface area contributed by atoms with E-state index in [1.165, 1.54) is 4.90 Å². The molecule has 0 atom stereocenters. The van der Waals surface area contributed by atoms with Crippen LogP contribution in [0.1, 0.15) is 31.5 Å². The Morgan fingerprint density at radius 2 is 2.05 bits per heavy atom. The van der Waals surface area contributed by atoms with Crippen molar-refractivity contribution in [2.24, 2.45) is 0 Å². The van der Waals surface area contributed by atoms with Crippen molar-refractivity contribution in [3.05, 3.63) is 11.7 Å². The quantitative estimate of drug-likeness (QED) is 0.825. The van der Waals surface area contributed by atoms with E-state index in [0.29, 0.717) is 12.4 Å². The molecule has 1 heterocycles. The van der Waals surface area contributed by atoms with Crippen LogP contribution in [-0.4, -0.2) is 47.9 Å². The van der Waals surface area contributed by atoms with Crippen LogP contribution in [0.5, 0.6) is 0 Å². The van der Waals surface area contributed by atoms with E-state index in [-0.39, 0.29) is 24.9 Å². The number of rotatable bonds is 7. The molecule has 1 N–H and O–H groups in total. The zero-order valence-corrected chi connectivity index (χ0v) is 11.3. The standard InChI is InChI=1S/C11H19F3N4O/c1-8(2)10-16-9(19-17-10)6-18(5-4-15-3)7-11(12,13)14/h8,15H,4-7H2,1-3H3. The summed E-state index contributed by atoms with van der Waals surface area (Å²) in [5.41, 5.74) is 0. The van der Waals surface area contributed by atoms with Gasteiger partial charge < -0.3 is 9.84 Å². The third-order valence-electron chi connectivity index (χ3n) is 2.44. The van der Waals surface area contributed by atoms with Gasteiger partial charge in [-0.2, -0.15) is 18.2 Å². The first-order valence-electron chi connectivity index (χ1n) is 6.08. The second-order valence-corrected chi connectivity index (χ2v) is 4.63. The molecule has 0 fully saturated rings. The first-order valence-corrected chi connectivity index (χ1v) is 6.08. The molecule has 0 saturated heterocycles. The smallest absolute Gasteiger partial charge is 0.338 e. The minimum absolute atomic E-state index is 0.000903. The summed E-state index contributed by atoms with van der Waals surface area (Å²) >= 11 is 0. The summed E-state index contributed by atoms with van der Waals surface area (Å²) < 4.78 is 42.3. The molecule has 19 heavy (non-hydrogen) atoms. The van der Waals surface area contributed by atoms with E-state index in [2.05, 4.69) is 15.5 Å². The summed E-state index contributed by atoms with van der Waals surface area (Å²) in [5, 5.41) is 6.55. The molecular weight excluding hydrogens is 261 g/mol. The molecule has 1 aromatic heterocycles. The highest BCUT2D eigenvalue weighted by Gasteiger charge is 2.31. The van der Waals surface area contributed by atoms with Gasteiger partial charge in [0.1, 0.15) is 0 Å². The third kappa shape index (κ3) is 6.02. The number of hydrogen-bond donors (Lipinski definition) is 1. The molecule has 110 valence electrons. The summed E-state index contributed by atoms with van der Waals surface area (Å²) in [6.45, 7) is 3.51. The molecule has 0 aliphatic carbocycles. The van der Waals surface area contributed by atoms with Crippen molar-refractivity contribution in [3.8, 4) is 0 Å². The highest BCUT2D eigenvalue weighted by atomic mass is 19.4. The van der Waals surface area contributed by atoms with Gasteiger partial charge in [0.2, 0.25) is 5.89 Å². The van der Waals surface area contributed by atoms with Crippen LogP contribution >= 0.6 is 0 Å². The zero-order valence-electron chi connectivity index (χ0n) is 11.3. The Bertz CT molecular complexity index is 378. The van der Waals surface area contributed by atoms with Crippen LogP contribution in [0.3, 0.4) is 0 Å². The lowest BCUT2D eigenvalue weighted by atomic mass is 10.2. The first-order chi connectivity index (χ1) is 8.81. The monoisotopic (exact) mass is 280 g/mol. The Kier molecular flexibility index (Phi) is 5.74. The van der Waals surface area contributed by atoms with Gasteiger partial charge in [0.15, 0.2) is 5.82 Å². The zero-order chi connectivity index (χ0) is 14.5. The molecule has 0 radical (unpaired) electrons. The number of aromatic nitrogens is 2. The summed E-state index contributed by atoms with van der Waals surface area (Å²) in [6.07, 6.45) is -4.24. The van der Waals surface area contributed by atoms with Crippen molar-refractivity contribution in [1.82, 2.24) is 20.4 Å². The molecule has 0 unspecified atom stereocenters. The summed E-state index contributed by atoms with van der Waals surface area (Å²) in [6, 6.07) is 0. The van der Waals surface area contributed by atoms with Crippen molar-refractivity contribution < 1.29 is 17.7 Å². The Morgan fingerprint density at radius 3 is 2.53 bits per heavy atom. The van der Waals surface area contributed by atoms with Gasteiger partial charge in [-0.3, -0.25) is 4.90 Å². The molecule has 0 aliphatic rings. The van der Waals surface area contributed by atoms with Crippen LogP contribution < -0.4 is 5.32 Å². The van der Waals surface area contributed by atoms with Crippen LogP contribution in [0, 0.1) is 0 Å². The molecule has 0 aliphatic heterocycles. The normalized spacial score (nSPS) is 12.6. The van der Waals surface area contributed by atoms with Gasteiger partial charge in [0.05, 0.1) is 13.1 Å². The topological polar surface area (TPSA) is 54.2 Å². The summed E-state index contributed by atoms with van der Waals surface area (Å²) in [5.74, 6) is 0.811. The fourth-order valence-electron chi connectivity index (χ4n) is 1.50. The van der Waals surface area contributed by atoms with E-state index < -0.39 is 12.7 Å². The lowest BCUT2D eigenvalue weighted by molar-refractivity contribution is -0.147. The van der Waals surface area contributed by atoms with E-state index in [1.807, 2.05) is 13.8 Å². The maximum Gasteiger partial charge on any atom is 0.401 e. The Hall–Kier alpha value is -1.15. The van der Waals surface area contributed by atoms with Gasteiger partial charge in [-0.05, 0) is 7.05 Å². The maximum atomic E-state index is 12.4. The summed E-state index contributed by atoms with van der Waals surface area (Å²) in [4.78, 5) is 5.31. The van der Waals surface area contributed by atoms with Crippen molar-refractivity contribution in [2.45, 2.75) is 32.5 Å². The molecule has 0 amide bonds. The molecule has 8 heteroatoms. The molecule has 0 aromatic carbocycles. The molecule has 0 saturated carbocycles. The Labute approximate surface area is 110 Å². The largest absolute Gasteiger partial charge is 0.401 e. The number of hydrogen-bond acceptors (Lipinski definition) is 5. The Balaban J connectivity index is 2.64. The van der Waals surface area contributed by atoms with Crippen molar-refractivity contribution in [1.29, 1.82) is 0 Å². The number of halogens is 3. The molecule has 0 spiro atoms. The van der Waals surface area contributed by atoms with Gasteiger partial charge in [-0.1, -0.05) is 19.0 Å². The van der Waals surface area contributed by atoms with Crippen LogP contribution in [0.25, 0.3) is 0 Å². The second-order valence-electron chi connectivity index (χ2n) is 4.63. The summed E-state index contributed by atoms with van der Waals surface area (Å²) in [7, 11) is 1.69. The second kappa shape index (κ2) is 6.85. The van der Waals surface area contributed by atoms with Crippen molar-refractivity contribution >= 4 is 0 Å². The van der Waals surface area contributed by atoms with Crippen LogP contribution in [0.15, 0.2) is 4.52 Å². The predicted molar refractivity (Wildman–Crippen MR) is 63.6 cm³/mol. The van der Waals surface area contributed by atoms with Gasteiger partial charge in [0.25, 0.3) is 0 Å². The average molecular weight is 280 g/mol. The molecule has 1 aromatic rings. The van der Waals surface area contributed by atoms with E-state index in [9.17, 15) is 13.2 Å². The molecular formula is C11H19F3N4O. The first kappa shape index (κ1) is 15.9. The highest BCUT2D eigenvalue weighted by Crippen LogP contribution is 2.18. The van der Waals surface area contributed by atoms with Crippen LogP contribution in [0.4, 0.5) is 13.2 Å². The van der Waals surface area contributed by atoms with Crippen LogP contribution in [0.2, 0.25) is 0 Å². The van der Waals surface area contributed by atoms with Crippen molar-refractivity contribution in [2.75, 3.05) is 26.7 Å². The van der Waals surface area contributed by atoms with Crippen molar-refractivity contribution in [3.63, 3.8) is 0 Å². The number of nitrogens with one attached hydrogen (secondary N) is 1. The third-order valence-corrected chi connectivity index (χ3v) is 2.44. The lowest BCUT2D eigenvalue weighted by Gasteiger charge is -2.21. The minimum atomic E-state index is -4.24. The van der Waals surface area contributed by atoms with Gasteiger partial charge >= 0.3 is 6.18 Å². The van der Waals surface area contributed by atoms with E-state index in [4.69, 9.17) is 4.52 Å². The molecule has 1 rings (SSSR count). The lowest BCUT2D eigenvalue weighted by Crippen LogP contribution is -2.37. The average Bonchev–Trinajstić information content (AvgIpc) is 2.72. The minimum Gasteiger partial charge on any atom is -0.338 e. The maximum absolute atomic E-state index is 12.4. The van der Waals surface area contributed by atoms with E-state index in [0.717, 1.165) is 0 Å². The predicted octanol–water partition coefficient (Wildman–Crippen LogP) is 1.78. The number of alkyl halides is 3. The Morgan fingerprint density at radius 1 is 1.37 bits per heavy atom. The molecule has 5 nitrogen and oxygen atoms in total. The number of likely N-dealkylation sites (N-methyl/N-ethyl adjacent to an activating group) is 1. The van der Waals surface area contributed by atoms with E-state index in [1.54, 1.807) is 7.05 Å².